The van der Waals surface area contributed by atoms with Gasteiger partial charge in [0.25, 0.3) is 5.69 Å². The van der Waals surface area contributed by atoms with Crippen LogP contribution in [0.15, 0.2) is 24.3 Å². The normalized spacial score (nSPS) is 10.7. The molecule has 1 aromatic carbocycles. The number of aryl methyl sites for hydroxylation is 2. The Labute approximate surface area is 117 Å². The molecule has 1 heterocycles. The van der Waals surface area contributed by atoms with Gasteiger partial charge in [0, 0.05) is 29.8 Å². The lowest BCUT2D eigenvalue weighted by molar-refractivity contribution is -0.384. The van der Waals surface area contributed by atoms with Crippen molar-refractivity contribution in [1.29, 1.82) is 0 Å². The highest BCUT2D eigenvalue weighted by molar-refractivity contribution is 5.64. The number of unbranched alkanes of at least 4 members (excludes halogenated alkanes) is 1. The van der Waals surface area contributed by atoms with E-state index in [0.717, 1.165) is 42.0 Å². The average molecular weight is 274 g/mol. The van der Waals surface area contributed by atoms with Crippen molar-refractivity contribution in [3.8, 4) is 11.3 Å². The number of aromatic nitrogens is 2. The Bertz CT molecular complexity index is 607. The number of rotatable bonds is 6. The summed E-state index contributed by atoms with van der Waals surface area (Å²) >= 11 is 0. The van der Waals surface area contributed by atoms with Crippen molar-refractivity contribution >= 4 is 5.69 Å². The van der Waals surface area contributed by atoms with Crippen molar-refractivity contribution in [3.63, 3.8) is 0 Å². The lowest BCUT2D eigenvalue weighted by atomic mass is 10.1. The van der Waals surface area contributed by atoms with Gasteiger partial charge in [0.2, 0.25) is 0 Å². The van der Waals surface area contributed by atoms with Crippen LogP contribution in [0.25, 0.3) is 11.3 Å². The van der Waals surface area contributed by atoms with Crippen molar-refractivity contribution in [1.82, 2.24) is 9.97 Å². The Balaban J connectivity index is 2.24. The molecule has 6 nitrogen and oxygen atoms in total. The molecule has 6 heteroatoms. The van der Waals surface area contributed by atoms with Gasteiger partial charge in [-0.15, -0.1) is 0 Å². The second-order valence-corrected chi connectivity index (χ2v) is 4.71. The lowest BCUT2D eigenvalue weighted by Gasteiger charge is -1.98. The number of hydrogen-bond acceptors (Lipinski definition) is 4. The summed E-state index contributed by atoms with van der Waals surface area (Å²) in [6.45, 7) is 2.60. The zero-order valence-corrected chi connectivity index (χ0v) is 11.4. The molecule has 0 amide bonds. The summed E-state index contributed by atoms with van der Waals surface area (Å²) in [5, 5.41) is 10.8. The van der Waals surface area contributed by atoms with E-state index in [4.69, 9.17) is 5.73 Å². The first-order valence-electron chi connectivity index (χ1n) is 6.62. The molecule has 1 aromatic heterocycles. The third-order valence-corrected chi connectivity index (χ3v) is 3.13. The van der Waals surface area contributed by atoms with Crippen molar-refractivity contribution in [2.45, 2.75) is 26.2 Å². The Morgan fingerprint density at radius 1 is 1.40 bits per heavy atom. The molecule has 0 atom stereocenters. The molecule has 106 valence electrons. The zero-order chi connectivity index (χ0) is 14.5. The average Bonchev–Trinajstić information content (AvgIpc) is 2.80. The van der Waals surface area contributed by atoms with E-state index in [1.165, 1.54) is 6.07 Å². The van der Waals surface area contributed by atoms with Gasteiger partial charge in [0.15, 0.2) is 0 Å². The molecule has 0 aliphatic rings. The molecular weight excluding hydrogens is 256 g/mol. The van der Waals surface area contributed by atoms with Gasteiger partial charge in [0.05, 0.1) is 10.6 Å². The molecule has 2 rings (SSSR count). The predicted octanol–water partition coefficient (Wildman–Crippen LogP) is 2.57. The van der Waals surface area contributed by atoms with Crippen LogP contribution < -0.4 is 5.73 Å². The molecule has 0 aliphatic heterocycles. The fraction of sp³-hybridized carbons (Fsp3) is 0.357. The van der Waals surface area contributed by atoms with Crippen LogP contribution in [-0.4, -0.2) is 21.4 Å². The number of non-ortho nitro benzene ring substituents is 1. The van der Waals surface area contributed by atoms with E-state index in [2.05, 4.69) is 9.97 Å². The van der Waals surface area contributed by atoms with Gasteiger partial charge >= 0.3 is 0 Å². The Morgan fingerprint density at radius 3 is 2.90 bits per heavy atom. The molecule has 20 heavy (non-hydrogen) atoms. The van der Waals surface area contributed by atoms with E-state index in [9.17, 15) is 10.1 Å². The molecule has 0 unspecified atom stereocenters. The van der Waals surface area contributed by atoms with E-state index in [1.807, 2.05) is 13.0 Å². The zero-order valence-electron chi connectivity index (χ0n) is 11.4. The summed E-state index contributed by atoms with van der Waals surface area (Å²) in [6, 6.07) is 6.54. The topological polar surface area (TPSA) is 97.8 Å². The number of imidazole rings is 1. The second-order valence-electron chi connectivity index (χ2n) is 4.71. The number of nitrogens with zero attached hydrogens (tertiary/aromatic N) is 2. The van der Waals surface area contributed by atoms with Gasteiger partial charge in [-0.2, -0.15) is 0 Å². The minimum Gasteiger partial charge on any atom is -0.346 e. The van der Waals surface area contributed by atoms with E-state index in [0.29, 0.717) is 6.54 Å². The van der Waals surface area contributed by atoms with Gasteiger partial charge in [-0.25, -0.2) is 4.98 Å². The minimum absolute atomic E-state index is 0.0783. The molecule has 0 saturated heterocycles. The molecule has 2 aromatic rings. The van der Waals surface area contributed by atoms with Crippen molar-refractivity contribution in [2.24, 2.45) is 5.73 Å². The quantitative estimate of drug-likeness (QED) is 0.480. The number of nitrogens with one attached hydrogen (secondary N) is 1. The number of nitro benzene ring substituents is 1. The first kappa shape index (κ1) is 14.2. The third-order valence-electron chi connectivity index (χ3n) is 3.13. The summed E-state index contributed by atoms with van der Waals surface area (Å²) in [4.78, 5) is 18.2. The summed E-state index contributed by atoms with van der Waals surface area (Å²) in [7, 11) is 0. The molecule has 0 aliphatic carbocycles. The highest BCUT2D eigenvalue weighted by atomic mass is 16.6. The highest BCUT2D eigenvalue weighted by Gasteiger charge is 2.12. The SMILES string of the molecule is Cc1[nH]c(CCCCN)nc1-c1cccc([N+](=O)[O-])c1. The number of nitrogens with two attached hydrogens (primary N) is 1. The van der Waals surface area contributed by atoms with Crippen LogP contribution in [0.2, 0.25) is 0 Å². The summed E-state index contributed by atoms with van der Waals surface area (Å²) in [5.74, 6) is 0.900. The minimum atomic E-state index is -0.395. The Hall–Kier alpha value is -2.21. The van der Waals surface area contributed by atoms with Crippen molar-refractivity contribution in [2.75, 3.05) is 6.54 Å². The van der Waals surface area contributed by atoms with Crippen LogP contribution in [0, 0.1) is 17.0 Å². The van der Waals surface area contributed by atoms with Crippen LogP contribution in [0.3, 0.4) is 0 Å². The van der Waals surface area contributed by atoms with E-state index in [-0.39, 0.29) is 5.69 Å². The van der Waals surface area contributed by atoms with Gasteiger partial charge in [-0.3, -0.25) is 10.1 Å². The van der Waals surface area contributed by atoms with Crippen LogP contribution in [-0.2, 0) is 6.42 Å². The van der Waals surface area contributed by atoms with Crippen LogP contribution >= 0.6 is 0 Å². The standard InChI is InChI=1S/C14H18N4O2/c1-10-14(17-13(16-10)7-2-3-8-15)11-5-4-6-12(9-11)18(19)20/h4-6,9H,2-3,7-8,15H2,1H3,(H,16,17). The summed E-state index contributed by atoms with van der Waals surface area (Å²) < 4.78 is 0. The maximum absolute atomic E-state index is 10.8. The monoisotopic (exact) mass is 274 g/mol. The maximum atomic E-state index is 10.8. The van der Waals surface area contributed by atoms with Crippen LogP contribution in [0.4, 0.5) is 5.69 Å². The molecule has 3 N–H and O–H groups in total. The molecule has 0 spiro atoms. The molecule has 0 fully saturated rings. The molecular formula is C14H18N4O2. The smallest absolute Gasteiger partial charge is 0.270 e. The third kappa shape index (κ3) is 3.21. The number of benzene rings is 1. The van der Waals surface area contributed by atoms with Gasteiger partial charge in [-0.1, -0.05) is 12.1 Å². The Kier molecular flexibility index (Phi) is 4.47. The summed E-state index contributed by atoms with van der Waals surface area (Å²) in [6.07, 6.45) is 2.79. The highest BCUT2D eigenvalue weighted by Crippen LogP contribution is 2.25. The number of aromatic amines is 1. The van der Waals surface area contributed by atoms with Crippen LogP contribution in [0.5, 0.6) is 0 Å². The lowest BCUT2D eigenvalue weighted by Crippen LogP contribution is -1.99. The number of H-pyrrole nitrogens is 1. The first-order valence-corrected chi connectivity index (χ1v) is 6.62. The molecule has 0 radical (unpaired) electrons. The molecule has 0 bridgehead atoms. The van der Waals surface area contributed by atoms with Gasteiger partial charge < -0.3 is 10.7 Å². The van der Waals surface area contributed by atoms with Gasteiger partial charge in [0.1, 0.15) is 5.82 Å². The summed E-state index contributed by atoms with van der Waals surface area (Å²) in [5.41, 5.74) is 8.01. The fourth-order valence-electron chi connectivity index (χ4n) is 2.13. The van der Waals surface area contributed by atoms with Gasteiger partial charge in [-0.05, 0) is 26.3 Å². The number of hydrogen-bond donors (Lipinski definition) is 2. The maximum Gasteiger partial charge on any atom is 0.270 e. The second kappa shape index (κ2) is 6.29. The van der Waals surface area contributed by atoms with Crippen molar-refractivity contribution in [3.05, 3.63) is 45.9 Å². The fourth-order valence-corrected chi connectivity index (χ4v) is 2.13. The van der Waals surface area contributed by atoms with E-state index < -0.39 is 4.92 Å². The molecule has 0 saturated carbocycles. The van der Waals surface area contributed by atoms with Crippen molar-refractivity contribution < 1.29 is 4.92 Å². The predicted molar refractivity (Wildman–Crippen MR) is 77.4 cm³/mol. The van der Waals surface area contributed by atoms with Crippen LogP contribution in [0.1, 0.15) is 24.4 Å². The number of nitro groups is 1. The largest absolute Gasteiger partial charge is 0.346 e. The van der Waals surface area contributed by atoms with E-state index in [1.54, 1.807) is 12.1 Å². The van der Waals surface area contributed by atoms with E-state index >= 15 is 0 Å². The Morgan fingerprint density at radius 2 is 2.20 bits per heavy atom. The first-order chi connectivity index (χ1) is 9.61.